The summed E-state index contributed by atoms with van der Waals surface area (Å²) >= 11 is 1.32. The lowest BCUT2D eigenvalue weighted by atomic mass is 10.3. The number of aromatic nitrogens is 1. The van der Waals surface area contributed by atoms with Crippen LogP contribution in [0.15, 0.2) is 18.2 Å². The van der Waals surface area contributed by atoms with E-state index in [-0.39, 0.29) is 13.1 Å². The first-order chi connectivity index (χ1) is 8.95. The largest absolute Gasteiger partial charge is 0.399 e. The summed E-state index contributed by atoms with van der Waals surface area (Å²) in [4.78, 5) is 27.8. The lowest BCUT2D eigenvalue weighted by Crippen LogP contribution is -2.39. The number of anilines is 2. The van der Waals surface area contributed by atoms with E-state index in [1.54, 1.807) is 18.2 Å². The normalized spacial score (nSPS) is 10.5. The molecule has 0 aliphatic heterocycles. The van der Waals surface area contributed by atoms with Crippen molar-refractivity contribution in [3.8, 4) is 0 Å². The molecule has 0 spiro atoms. The molecule has 0 aliphatic rings. The fraction of sp³-hybridized carbons (Fsp3) is 0.182. The third-order valence-corrected chi connectivity index (χ3v) is 3.44. The van der Waals surface area contributed by atoms with E-state index in [0.717, 1.165) is 10.2 Å². The highest BCUT2D eigenvalue weighted by atomic mass is 32.1. The zero-order valence-corrected chi connectivity index (χ0v) is 10.8. The average molecular weight is 279 g/mol. The molecule has 1 heterocycles. The van der Waals surface area contributed by atoms with Gasteiger partial charge in [0.1, 0.15) is 0 Å². The van der Waals surface area contributed by atoms with Gasteiger partial charge in [0.25, 0.3) is 0 Å². The lowest BCUT2D eigenvalue weighted by Gasteiger charge is -2.17. The molecular weight excluding hydrogens is 266 g/mol. The van der Waals surface area contributed by atoms with Gasteiger partial charge in [0.2, 0.25) is 11.8 Å². The lowest BCUT2D eigenvalue weighted by molar-refractivity contribution is -0.117. The summed E-state index contributed by atoms with van der Waals surface area (Å²) in [5, 5.41) is 0.512. The zero-order valence-electron chi connectivity index (χ0n) is 10.00. The molecule has 2 rings (SSSR count). The van der Waals surface area contributed by atoms with Gasteiger partial charge in [-0.05, 0) is 18.2 Å². The summed E-state index contributed by atoms with van der Waals surface area (Å²) in [7, 11) is 0. The fourth-order valence-corrected chi connectivity index (χ4v) is 2.64. The minimum absolute atomic E-state index is 0.113. The maximum Gasteiger partial charge on any atom is 0.237 e. The third-order valence-electron chi connectivity index (χ3n) is 2.37. The van der Waals surface area contributed by atoms with Gasteiger partial charge in [-0.1, -0.05) is 11.3 Å². The van der Waals surface area contributed by atoms with Crippen LogP contribution in [0.2, 0.25) is 0 Å². The summed E-state index contributed by atoms with van der Waals surface area (Å²) in [6.07, 6.45) is 0. The van der Waals surface area contributed by atoms with Crippen molar-refractivity contribution in [3.05, 3.63) is 18.2 Å². The number of nitrogens with zero attached hydrogens (tertiary/aromatic N) is 2. The van der Waals surface area contributed by atoms with Crippen molar-refractivity contribution < 1.29 is 9.59 Å². The number of benzene rings is 1. The van der Waals surface area contributed by atoms with E-state index in [4.69, 9.17) is 17.2 Å². The molecule has 0 aliphatic carbocycles. The first-order valence-electron chi connectivity index (χ1n) is 5.43. The second kappa shape index (κ2) is 5.11. The molecule has 100 valence electrons. The highest BCUT2D eigenvalue weighted by Gasteiger charge is 2.16. The minimum atomic E-state index is -0.556. The molecular formula is C11H13N5O2S. The molecule has 0 bridgehead atoms. The number of carbonyl (C=O) groups excluding carboxylic acids is 2. The Hall–Kier alpha value is -2.35. The van der Waals surface area contributed by atoms with Crippen LogP contribution in [-0.4, -0.2) is 29.9 Å². The number of thiazole rings is 1. The Balaban J connectivity index is 2.37. The van der Waals surface area contributed by atoms with Crippen LogP contribution in [0, 0.1) is 0 Å². The van der Waals surface area contributed by atoms with Gasteiger partial charge in [-0.2, -0.15) is 0 Å². The number of primary amides is 2. The summed E-state index contributed by atoms with van der Waals surface area (Å²) in [6, 6.07) is 5.29. The van der Waals surface area contributed by atoms with Gasteiger partial charge in [-0.15, -0.1) is 0 Å². The Morgan fingerprint density at radius 1 is 1.21 bits per heavy atom. The van der Waals surface area contributed by atoms with Crippen molar-refractivity contribution in [1.29, 1.82) is 0 Å². The Morgan fingerprint density at radius 2 is 1.84 bits per heavy atom. The molecule has 0 saturated heterocycles. The fourth-order valence-electron chi connectivity index (χ4n) is 1.63. The maximum atomic E-state index is 11.0. The Bertz CT molecular complexity index is 623. The molecule has 1 aromatic heterocycles. The van der Waals surface area contributed by atoms with E-state index in [0.29, 0.717) is 10.8 Å². The van der Waals surface area contributed by atoms with E-state index in [9.17, 15) is 9.59 Å². The predicted octanol–water partition coefficient (Wildman–Crippen LogP) is -0.344. The van der Waals surface area contributed by atoms with E-state index in [1.165, 1.54) is 16.2 Å². The molecule has 2 amide bonds. The molecule has 0 saturated carbocycles. The Morgan fingerprint density at radius 3 is 2.42 bits per heavy atom. The average Bonchev–Trinajstić information content (AvgIpc) is 2.69. The molecule has 19 heavy (non-hydrogen) atoms. The van der Waals surface area contributed by atoms with Gasteiger partial charge in [0.15, 0.2) is 5.13 Å². The molecule has 7 nitrogen and oxygen atoms in total. The van der Waals surface area contributed by atoms with E-state index in [2.05, 4.69) is 4.98 Å². The van der Waals surface area contributed by atoms with Crippen molar-refractivity contribution in [3.63, 3.8) is 0 Å². The minimum Gasteiger partial charge on any atom is -0.399 e. The molecule has 6 N–H and O–H groups in total. The predicted molar refractivity (Wildman–Crippen MR) is 74.6 cm³/mol. The second-order valence-electron chi connectivity index (χ2n) is 4.01. The summed E-state index contributed by atoms with van der Waals surface area (Å²) in [5.41, 5.74) is 17.4. The van der Waals surface area contributed by atoms with E-state index < -0.39 is 11.8 Å². The van der Waals surface area contributed by atoms with Gasteiger partial charge in [0, 0.05) is 5.69 Å². The number of hydrogen-bond acceptors (Lipinski definition) is 6. The van der Waals surface area contributed by atoms with Crippen molar-refractivity contribution in [2.45, 2.75) is 0 Å². The molecule has 1 aromatic carbocycles. The number of carbonyl (C=O) groups is 2. The van der Waals surface area contributed by atoms with Crippen LogP contribution in [0.4, 0.5) is 10.8 Å². The van der Waals surface area contributed by atoms with E-state index in [1.807, 2.05) is 0 Å². The van der Waals surface area contributed by atoms with Crippen molar-refractivity contribution in [1.82, 2.24) is 4.98 Å². The Kier molecular flexibility index (Phi) is 3.52. The van der Waals surface area contributed by atoms with Crippen molar-refractivity contribution >= 4 is 44.2 Å². The quantitative estimate of drug-likeness (QED) is 0.645. The molecule has 0 atom stereocenters. The number of nitrogen functional groups attached to an aromatic ring is 1. The topological polar surface area (TPSA) is 128 Å². The van der Waals surface area contributed by atoms with Crippen LogP contribution in [0.1, 0.15) is 0 Å². The number of amides is 2. The summed E-state index contributed by atoms with van der Waals surface area (Å²) in [5.74, 6) is -1.11. The van der Waals surface area contributed by atoms with Crippen LogP contribution >= 0.6 is 11.3 Å². The third kappa shape index (κ3) is 3.10. The van der Waals surface area contributed by atoms with Crippen LogP contribution in [0.25, 0.3) is 10.2 Å². The van der Waals surface area contributed by atoms with E-state index >= 15 is 0 Å². The van der Waals surface area contributed by atoms with Crippen molar-refractivity contribution in [2.75, 3.05) is 23.7 Å². The number of fused-ring (bicyclic) bond motifs is 1. The molecule has 0 radical (unpaired) electrons. The Labute approximate surface area is 113 Å². The van der Waals surface area contributed by atoms with Crippen LogP contribution in [0.3, 0.4) is 0 Å². The summed E-state index contributed by atoms with van der Waals surface area (Å²) < 4.78 is 0.869. The number of nitrogens with two attached hydrogens (primary N) is 3. The molecule has 8 heteroatoms. The molecule has 0 unspecified atom stereocenters. The van der Waals surface area contributed by atoms with Gasteiger partial charge in [-0.3, -0.25) is 9.59 Å². The highest BCUT2D eigenvalue weighted by Crippen LogP contribution is 2.29. The highest BCUT2D eigenvalue weighted by molar-refractivity contribution is 7.22. The molecule has 2 aromatic rings. The standard InChI is InChI=1S/C11H13N5O2S/c12-6-1-2-7-8(3-6)19-11(15-7)16(4-9(13)17)5-10(14)18/h1-3H,4-5,12H2,(H2,13,17)(H2,14,18). The first-order valence-corrected chi connectivity index (χ1v) is 6.25. The summed E-state index contributed by atoms with van der Waals surface area (Å²) in [6.45, 7) is -0.226. The number of rotatable bonds is 5. The first kappa shape index (κ1) is 13.1. The van der Waals surface area contributed by atoms with Crippen molar-refractivity contribution in [2.24, 2.45) is 11.5 Å². The van der Waals surface area contributed by atoms with Gasteiger partial charge in [-0.25, -0.2) is 4.98 Å². The van der Waals surface area contributed by atoms with Gasteiger partial charge in [0.05, 0.1) is 23.3 Å². The zero-order chi connectivity index (χ0) is 14.0. The van der Waals surface area contributed by atoms with Gasteiger partial charge >= 0.3 is 0 Å². The van der Waals surface area contributed by atoms with Crippen LogP contribution < -0.4 is 22.1 Å². The molecule has 0 fully saturated rings. The monoisotopic (exact) mass is 279 g/mol. The van der Waals surface area contributed by atoms with Gasteiger partial charge < -0.3 is 22.1 Å². The van der Waals surface area contributed by atoms with Crippen LogP contribution in [0.5, 0.6) is 0 Å². The number of hydrogen-bond donors (Lipinski definition) is 3. The van der Waals surface area contributed by atoms with Crippen LogP contribution in [-0.2, 0) is 9.59 Å². The second-order valence-corrected chi connectivity index (χ2v) is 5.02. The smallest absolute Gasteiger partial charge is 0.237 e. The maximum absolute atomic E-state index is 11.0. The SMILES string of the molecule is NC(=O)CN(CC(N)=O)c1nc2ccc(N)cc2s1.